The maximum atomic E-state index is 11.6. The molecule has 1 N–H and O–H groups in total. The largest absolute Gasteiger partial charge is 0.386 e. The van der Waals surface area contributed by atoms with Crippen LogP contribution in [0.3, 0.4) is 0 Å². The zero-order valence-electron chi connectivity index (χ0n) is 11.1. The minimum atomic E-state index is -0.625. The zero-order chi connectivity index (χ0) is 15.9. The van der Waals surface area contributed by atoms with Gasteiger partial charge in [0.15, 0.2) is 6.61 Å². The lowest BCUT2D eigenvalue weighted by molar-refractivity contribution is -0.384. The molecule has 2 rings (SSSR count). The van der Waals surface area contributed by atoms with E-state index in [2.05, 4.69) is 10.5 Å². The number of carbonyl (C=O) groups excluding carboxylic acids is 1. The Morgan fingerprint density at radius 1 is 1.50 bits per heavy atom. The number of rotatable bonds is 6. The third-order valence-corrected chi connectivity index (χ3v) is 3.55. The van der Waals surface area contributed by atoms with E-state index in [1.807, 2.05) is 17.5 Å². The highest BCUT2D eigenvalue weighted by Crippen LogP contribution is 2.27. The standard InChI is InChI=1S/C13H10ClN3O4S/c14-11-4-3-9(6-12(11)17(19)20)16-13(18)8-21-15-7-10-2-1-5-22-10/h1-7H,8H2,(H,16,18)/b15-7+. The number of nitro benzene ring substituents is 1. The first-order valence-corrected chi connectivity index (χ1v) is 7.24. The van der Waals surface area contributed by atoms with Crippen molar-refractivity contribution in [2.75, 3.05) is 11.9 Å². The number of thiophene rings is 1. The molecule has 1 aromatic heterocycles. The summed E-state index contributed by atoms with van der Waals surface area (Å²) in [5, 5.41) is 18.7. The molecule has 0 aliphatic heterocycles. The number of halogens is 1. The smallest absolute Gasteiger partial charge is 0.289 e. The molecule has 0 atom stereocenters. The van der Waals surface area contributed by atoms with Crippen molar-refractivity contribution in [2.24, 2.45) is 5.16 Å². The molecule has 9 heteroatoms. The van der Waals surface area contributed by atoms with E-state index in [9.17, 15) is 14.9 Å². The van der Waals surface area contributed by atoms with Gasteiger partial charge in [-0.25, -0.2) is 0 Å². The van der Waals surface area contributed by atoms with Crippen LogP contribution in [0.25, 0.3) is 0 Å². The van der Waals surface area contributed by atoms with E-state index in [0.29, 0.717) is 0 Å². The zero-order valence-corrected chi connectivity index (χ0v) is 12.6. The summed E-state index contributed by atoms with van der Waals surface area (Å²) in [6.45, 7) is -0.307. The number of nitro groups is 1. The third kappa shape index (κ3) is 4.54. The summed E-state index contributed by atoms with van der Waals surface area (Å²) in [5.41, 5.74) is -0.0250. The number of hydrogen-bond donors (Lipinski definition) is 1. The lowest BCUT2D eigenvalue weighted by Gasteiger charge is -2.04. The number of amides is 1. The fraction of sp³-hybridized carbons (Fsp3) is 0.0769. The highest BCUT2D eigenvalue weighted by atomic mass is 35.5. The summed E-state index contributed by atoms with van der Waals surface area (Å²) in [6.07, 6.45) is 1.49. The first-order chi connectivity index (χ1) is 10.6. The van der Waals surface area contributed by atoms with Crippen LogP contribution >= 0.6 is 22.9 Å². The molecule has 0 aliphatic rings. The fourth-order valence-corrected chi connectivity index (χ4v) is 2.24. The van der Waals surface area contributed by atoms with Gasteiger partial charge in [0.25, 0.3) is 11.6 Å². The van der Waals surface area contributed by atoms with Crippen LogP contribution in [0.5, 0.6) is 0 Å². The summed E-state index contributed by atoms with van der Waals surface area (Å²) >= 11 is 7.17. The van der Waals surface area contributed by atoms with E-state index in [4.69, 9.17) is 16.4 Å². The summed E-state index contributed by atoms with van der Waals surface area (Å²) in [5.74, 6) is -0.486. The molecule has 22 heavy (non-hydrogen) atoms. The van der Waals surface area contributed by atoms with Gasteiger partial charge in [-0.3, -0.25) is 14.9 Å². The Balaban J connectivity index is 1.87. The van der Waals surface area contributed by atoms with Crippen molar-refractivity contribution >= 4 is 46.4 Å². The van der Waals surface area contributed by atoms with Gasteiger partial charge in [-0.05, 0) is 23.6 Å². The van der Waals surface area contributed by atoms with Gasteiger partial charge in [-0.1, -0.05) is 22.8 Å². The second-order valence-corrected chi connectivity index (χ2v) is 5.38. The van der Waals surface area contributed by atoms with Crippen LogP contribution in [-0.4, -0.2) is 23.7 Å². The highest BCUT2D eigenvalue weighted by molar-refractivity contribution is 7.11. The second kappa shape index (κ2) is 7.53. The Morgan fingerprint density at radius 3 is 3.00 bits per heavy atom. The molecule has 0 saturated heterocycles. The van der Waals surface area contributed by atoms with E-state index in [0.717, 1.165) is 4.88 Å². The van der Waals surface area contributed by atoms with Gasteiger partial charge in [0.2, 0.25) is 0 Å². The molecule has 0 unspecified atom stereocenters. The molecule has 1 heterocycles. The summed E-state index contributed by atoms with van der Waals surface area (Å²) in [7, 11) is 0. The highest BCUT2D eigenvalue weighted by Gasteiger charge is 2.13. The van der Waals surface area contributed by atoms with Crippen LogP contribution in [0.15, 0.2) is 40.9 Å². The minimum Gasteiger partial charge on any atom is -0.386 e. The van der Waals surface area contributed by atoms with Crippen molar-refractivity contribution in [3.8, 4) is 0 Å². The Kier molecular flexibility index (Phi) is 5.45. The van der Waals surface area contributed by atoms with Crippen molar-refractivity contribution in [2.45, 2.75) is 0 Å². The molecule has 0 bridgehead atoms. The van der Waals surface area contributed by atoms with Crippen molar-refractivity contribution in [3.63, 3.8) is 0 Å². The molecular formula is C13H10ClN3O4S. The number of hydrogen-bond acceptors (Lipinski definition) is 6. The van der Waals surface area contributed by atoms with E-state index >= 15 is 0 Å². The van der Waals surface area contributed by atoms with Crippen molar-refractivity contribution in [1.29, 1.82) is 0 Å². The Morgan fingerprint density at radius 2 is 2.32 bits per heavy atom. The van der Waals surface area contributed by atoms with Crippen LogP contribution in [0.4, 0.5) is 11.4 Å². The molecule has 0 radical (unpaired) electrons. The monoisotopic (exact) mass is 339 g/mol. The van der Waals surface area contributed by atoms with E-state index in [1.54, 1.807) is 0 Å². The Labute approximate surface area is 134 Å². The van der Waals surface area contributed by atoms with Gasteiger partial charge in [0.05, 0.1) is 11.1 Å². The third-order valence-electron chi connectivity index (χ3n) is 2.42. The van der Waals surface area contributed by atoms with Crippen molar-refractivity contribution < 1.29 is 14.6 Å². The number of nitrogens with zero attached hydrogens (tertiary/aromatic N) is 2. The van der Waals surface area contributed by atoms with Crippen LogP contribution in [-0.2, 0) is 9.63 Å². The topological polar surface area (TPSA) is 93.8 Å². The number of nitrogens with one attached hydrogen (secondary N) is 1. The molecular weight excluding hydrogens is 330 g/mol. The normalized spacial score (nSPS) is 10.6. The Hall–Kier alpha value is -2.45. The van der Waals surface area contributed by atoms with Gasteiger partial charge in [0.1, 0.15) is 5.02 Å². The van der Waals surface area contributed by atoms with Gasteiger partial charge < -0.3 is 10.2 Å². The van der Waals surface area contributed by atoms with Crippen molar-refractivity contribution in [3.05, 3.63) is 55.7 Å². The van der Waals surface area contributed by atoms with Gasteiger partial charge in [-0.2, -0.15) is 0 Å². The molecule has 1 aromatic carbocycles. The van der Waals surface area contributed by atoms with E-state index in [1.165, 1.54) is 35.8 Å². The molecule has 2 aromatic rings. The summed E-state index contributed by atoms with van der Waals surface area (Å²) in [4.78, 5) is 27.5. The fourth-order valence-electron chi connectivity index (χ4n) is 1.48. The van der Waals surface area contributed by atoms with Gasteiger partial charge in [0, 0.05) is 16.6 Å². The van der Waals surface area contributed by atoms with Gasteiger partial charge in [-0.15, -0.1) is 11.3 Å². The van der Waals surface area contributed by atoms with Crippen molar-refractivity contribution in [1.82, 2.24) is 0 Å². The number of carbonyl (C=O) groups is 1. The molecule has 114 valence electrons. The second-order valence-electron chi connectivity index (χ2n) is 3.99. The molecule has 0 fully saturated rings. The molecule has 7 nitrogen and oxygen atoms in total. The molecule has 1 amide bonds. The van der Waals surface area contributed by atoms with Crippen LogP contribution in [0.1, 0.15) is 4.88 Å². The SMILES string of the molecule is O=C(CO/N=C/c1cccs1)Nc1ccc(Cl)c([N+](=O)[O-])c1. The first-order valence-electron chi connectivity index (χ1n) is 5.99. The van der Waals surface area contributed by atoms with Crippen LogP contribution in [0, 0.1) is 10.1 Å². The lowest BCUT2D eigenvalue weighted by Crippen LogP contribution is -2.17. The first kappa shape index (κ1) is 15.9. The number of anilines is 1. The molecule has 0 saturated carbocycles. The predicted molar refractivity (Wildman–Crippen MR) is 84.6 cm³/mol. The number of oxime groups is 1. The average Bonchev–Trinajstić information content (AvgIpc) is 2.98. The minimum absolute atomic E-state index is 0.000188. The van der Waals surface area contributed by atoms with E-state index < -0.39 is 10.8 Å². The predicted octanol–water partition coefficient (Wildman–Crippen LogP) is 3.30. The van der Waals surface area contributed by atoms with Crippen LogP contribution < -0.4 is 5.32 Å². The molecule has 0 spiro atoms. The average molecular weight is 340 g/mol. The van der Waals surface area contributed by atoms with E-state index in [-0.39, 0.29) is 23.0 Å². The van der Waals surface area contributed by atoms with Gasteiger partial charge >= 0.3 is 0 Å². The quantitative estimate of drug-likeness (QED) is 0.496. The Bertz CT molecular complexity index is 703. The maximum Gasteiger partial charge on any atom is 0.289 e. The maximum absolute atomic E-state index is 11.6. The van der Waals surface area contributed by atoms with Crippen LogP contribution in [0.2, 0.25) is 5.02 Å². The number of benzene rings is 1. The molecule has 0 aliphatic carbocycles. The summed E-state index contributed by atoms with van der Waals surface area (Å²) in [6, 6.07) is 7.69. The lowest BCUT2D eigenvalue weighted by atomic mass is 10.3. The summed E-state index contributed by atoms with van der Waals surface area (Å²) < 4.78 is 0.